The van der Waals surface area contributed by atoms with E-state index in [9.17, 15) is 0 Å². The summed E-state index contributed by atoms with van der Waals surface area (Å²) in [5.41, 5.74) is 7.50. The SMILES string of the molecule is COC1=CN(c2ccc(-c3ccccn3)cc2F)NC(c2ccnn2-c2ccccc2)=C1. The van der Waals surface area contributed by atoms with Gasteiger partial charge in [-0.2, -0.15) is 5.10 Å². The van der Waals surface area contributed by atoms with Gasteiger partial charge in [0.25, 0.3) is 0 Å². The number of anilines is 1. The number of hydrogen-bond acceptors (Lipinski definition) is 5. The minimum absolute atomic E-state index is 0.357. The summed E-state index contributed by atoms with van der Waals surface area (Å²) in [5.74, 6) is 0.193. The Labute approximate surface area is 184 Å². The van der Waals surface area contributed by atoms with E-state index in [2.05, 4.69) is 15.5 Å². The first kappa shape index (κ1) is 19.6. The van der Waals surface area contributed by atoms with Gasteiger partial charge in [0.1, 0.15) is 11.6 Å². The number of aromatic nitrogens is 3. The fraction of sp³-hybridized carbons (Fsp3) is 0.0400. The molecule has 1 aliphatic heterocycles. The van der Waals surface area contributed by atoms with Crippen LogP contribution < -0.4 is 10.4 Å². The van der Waals surface area contributed by atoms with Crippen LogP contribution in [0.25, 0.3) is 22.6 Å². The Balaban J connectivity index is 1.49. The standard InChI is InChI=1S/C25H20FN5O/c1-32-20-16-23(25-12-14-28-31(25)19-7-3-2-4-8-19)29-30(17-20)24-11-10-18(15-21(24)26)22-9-5-6-13-27-22/h2-17,29H,1H3. The van der Waals surface area contributed by atoms with E-state index in [0.29, 0.717) is 22.7 Å². The summed E-state index contributed by atoms with van der Waals surface area (Å²) in [7, 11) is 1.58. The second-order valence-corrected chi connectivity index (χ2v) is 7.12. The van der Waals surface area contributed by atoms with Gasteiger partial charge < -0.3 is 4.74 Å². The average Bonchev–Trinajstić information content (AvgIpc) is 3.35. The quantitative estimate of drug-likeness (QED) is 0.492. The zero-order chi connectivity index (χ0) is 21.9. The first-order chi connectivity index (χ1) is 15.7. The van der Waals surface area contributed by atoms with Gasteiger partial charge >= 0.3 is 0 Å². The number of pyridine rings is 1. The highest BCUT2D eigenvalue weighted by Gasteiger charge is 2.21. The van der Waals surface area contributed by atoms with E-state index in [1.807, 2.05) is 71.4 Å². The molecular formula is C25H20FN5O. The molecule has 0 unspecified atom stereocenters. The summed E-state index contributed by atoms with van der Waals surface area (Å²) >= 11 is 0. The summed E-state index contributed by atoms with van der Waals surface area (Å²) in [4.78, 5) is 4.30. The van der Waals surface area contributed by atoms with Gasteiger partial charge in [0.2, 0.25) is 0 Å². The molecule has 7 heteroatoms. The number of hydrazine groups is 1. The van der Waals surface area contributed by atoms with E-state index in [1.165, 1.54) is 6.07 Å². The molecule has 0 atom stereocenters. The molecule has 0 spiro atoms. The summed E-state index contributed by atoms with van der Waals surface area (Å²) < 4.78 is 22.5. The lowest BCUT2D eigenvalue weighted by Crippen LogP contribution is -2.36. The van der Waals surface area contributed by atoms with Crippen molar-refractivity contribution in [1.29, 1.82) is 0 Å². The summed E-state index contributed by atoms with van der Waals surface area (Å²) in [6, 6.07) is 22.3. The number of rotatable bonds is 5. The van der Waals surface area contributed by atoms with Crippen LogP contribution in [0.4, 0.5) is 10.1 Å². The molecule has 0 aliphatic carbocycles. The number of halogens is 1. The molecule has 0 saturated carbocycles. The van der Waals surface area contributed by atoms with Crippen LogP contribution >= 0.6 is 0 Å². The maximum absolute atomic E-state index is 15.1. The number of hydrogen-bond donors (Lipinski definition) is 1. The van der Waals surface area contributed by atoms with Crippen LogP contribution in [0.1, 0.15) is 5.69 Å². The Morgan fingerprint density at radius 2 is 1.78 bits per heavy atom. The lowest BCUT2D eigenvalue weighted by Gasteiger charge is -2.29. The third-order valence-electron chi connectivity index (χ3n) is 5.11. The topological polar surface area (TPSA) is 55.2 Å². The minimum Gasteiger partial charge on any atom is -0.495 e. The summed E-state index contributed by atoms with van der Waals surface area (Å²) in [6.07, 6.45) is 6.97. The number of ether oxygens (including phenoxy) is 1. The van der Waals surface area contributed by atoms with E-state index in [0.717, 1.165) is 17.1 Å². The van der Waals surface area contributed by atoms with Gasteiger partial charge in [-0.1, -0.05) is 30.3 Å². The number of benzene rings is 2. The van der Waals surface area contributed by atoms with Crippen molar-refractivity contribution in [2.24, 2.45) is 0 Å². The second-order valence-electron chi connectivity index (χ2n) is 7.12. The highest BCUT2D eigenvalue weighted by Crippen LogP contribution is 2.29. The molecule has 2 aromatic heterocycles. The van der Waals surface area contributed by atoms with E-state index >= 15 is 4.39 Å². The highest BCUT2D eigenvalue weighted by atomic mass is 19.1. The average molecular weight is 425 g/mol. The van der Waals surface area contributed by atoms with Crippen molar-refractivity contribution in [3.05, 3.63) is 115 Å². The van der Waals surface area contributed by atoms with E-state index in [1.54, 1.807) is 36.8 Å². The zero-order valence-corrected chi connectivity index (χ0v) is 17.3. The van der Waals surface area contributed by atoms with Crippen LogP contribution in [0, 0.1) is 5.82 Å². The van der Waals surface area contributed by atoms with Crippen LogP contribution in [-0.4, -0.2) is 21.9 Å². The van der Waals surface area contributed by atoms with Gasteiger partial charge in [0.15, 0.2) is 0 Å². The lowest BCUT2D eigenvalue weighted by atomic mass is 10.1. The minimum atomic E-state index is -0.384. The third-order valence-corrected chi connectivity index (χ3v) is 5.11. The van der Waals surface area contributed by atoms with Gasteiger partial charge in [0.05, 0.1) is 48.0 Å². The zero-order valence-electron chi connectivity index (χ0n) is 17.3. The van der Waals surface area contributed by atoms with Gasteiger partial charge in [-0.3, -0.25) is 15.4 Å². The fourth-order valence-electron chi connectivity index (χ4n) is 3.55. The molecular weight excluding hydrogens is 405 g/mol. The Bertz CT molecular complexity index is 1300. The Morgan fingerprint density at radius 3 is 2.53 bits per heavy atom. The van der Waals surface area contributed by atoms with Crippen molar-refractivity contribution in [2.45, 2.75) is 0 Å². The maximum atomic E-state index is 15.1. The van der Waals surface area contributed by atoms with E-state index < -0.39 is 0 Å². The molecule has 3 heterocycles. The number of para-hydroxylation sites is 1. The summed E-state index contributed by atoms with van der Waals surface area (Å²) in [5, 5.41) is 6.05. The van der Waals surface area contributed by atoms with Crippen LogP contribution in [0.15, 0.2) is 103 Å². The molecule has 0 fully saturated rings. The van der Waals surface area contributed by atoms with Crippen LogP contribution in [0.5, 0.6) is 0 Å². The first-order valence-corrected chi connectivity index (χ1v) is 10.1. The smallest absolute Gasteiger partial charge is 0.149 e. The molecule has 0 radical (unpaired) electrons. The monoisotopic (exact) mass is 425 g/mol. The number of nitrogens with zero attached hydrogens (tertiary/aromatic N) is 4. The molecule has 158 valence electrons. The van der Waals surface area contributed by atoms with E-state index in [4.69, 9.17) is 4.74 Å². The lowest BCUT2D eigenvalue weighted by molar-refractivity contribution is 0.303. The molecule has 32 heavy (non-hydrogen) atoms. The highest BCUT2D eigenvalue weighted by molar-refractivity contribution is 5.71. The molecule has 1 aliphatic rings. The molecule has 0 bridgehead atoms. The second kappa shape index (κ2) is 8.39. The molecule has 0 saturated heterocycles. The van der Waals surface area contributed by atoms with Crippen molar-refractivity contribution >= 4 is 11.4 Å². The number of allylic oxidation sites excluding steroid dienone is 1. The van der Waals surface area contributed by atoms with Crippen molar-refractivity contribution in [3.63, 3.8) is 0 Å². The Kier molecular flexibility index (Phi) is 5.13. The molecule has 6 nitrogen and oxygen atoms in total. The molecule has 0 amide bonds. The van der Waals surface area contributed by atoms with Gasteiger partial charge in [-0.05, 0) is 42.5 Å². The number of nitrogens with one attached hydrogen (secondary N) is 1. The third kappa shape index (κ3) is 3.72. The van der Waals surface area contributed by atoms with Gasteiger partial charge in [0, 0.05) is 17.8 Å². The van der Waals surface area contributed by atoms with Crippen molar-refractivity contribution in [1.82, 2.24) is 20.2 Å². The molecule has 2 aromatic carbocycles. The first-order valence-electron chi connectivity index (χ1n) is 10.1. The van der Waals surface area contributed by atoms with Crippen LogP contribution in [0.3, 0.4) is 0 Å². The predicted octanol–water partition coefficient (Wildman–Crippen LogP) is 4.93. The van der Waals surface area contributed by atoms with Crippen LogP contribution in [0.2, 0.25) is 0 Å². The van der Waals surface area contributed by atoms with Crippen LogP contribution in [-0.2, 0) is 4.74 Å². The largest absolute Gasteiger partial charge is 0.495 e. The Morgan fingerprint density at radius 1 is 0.938 bits per heavy atom. The maximum Gasteiger partial charge on any atom is 0.149 e. The van der Waals surface area contributed by atoms with Crippen molar-refractivity contribution in [2.75, 3.05) is 12.1 Å². The van der Waals surface area contributed by atoms with E-state index in [-0.39, 0.29) is 5.82 Å². The normalized spacial score (nSPS) is 13.2. The Hall–Kier alpha value is -4.39. The predicted molar refractivity (Wildman–Crippen MR) is 122 cm³/mol. The van der Waals surface area contributed by atoms with Gasteiger partial charge in [-0.15, -0.1) is 0 Å². The van der Waals surface area contributed by atoms with Crippen molar-refractivity contribution in [3.8, 4) is 16.9 Å². The van der Waals surface area contributed by atoms with Gasteiger partial charge in [-0.25, -0.2) is 9.07 Å². The molecule has 1 N–H and O–H groups in total. The summed E-state index contributed by atoms with van der Waals surface area (Å²) in [6.45, 7) is 0. The fourth-order valence-corrected chi connectivity index (χ4v) is 3.55. The molecule has 5 rings (SSSR count). The molecule has 4 aromatic rings. The van der Waals surface area contributed by atoms with Crippen molar-refractivity contribution < 1.29 is 9.13 Å². The number of methoxy groups -OCH3 is 1.